The van der Waals surface area contributed by atoms with Crippen molar-refractivity contribution >= 4 is 17.9 Å². The van der Waals surface area contributed by atoms with Gasteiger partial charge in [0.1, 0.15) is 18.8 Å². The number of hydrogen-bond donors (Lipinski definition) is 0. The van der Waals surface area contributed by atoms with E-state index >= 15 is 0 Å². The van der Waals surface area contributed by atoms with Crippen molar-refractivity contribution < 1.29 is 33.0 Å². The lowest BCUT2D eigenvalue weighted by Gasteiger charge is -2.57. The van der Waals surface area contributed by atoms with E-state index in [4.69, 9.17) is 18.6 Å². The molecule has 2 aliphatic carbocycles. The molecule has 0 amide bonds. The quantitative estimate of drug-likeness (QED) is 0.566. The molecule has 0 radical (unpaired) electrons. The molecule has 2 aliphatic heterocycles. The van der Waals surface area contributed by atoms with E-state index in [1.54, 1.807) is 12.5 Å². The Morgan fingerprint density at radius 1 is 1.28 bits per heavy atom. The average molecular weight is 402 g/mol. The monoisotopic (exact) mass is 402 g/mol. The fraction of sp³-hybridized carbons (Fsp3) is 0.682. The predicted octanol–water partition coefficient (Wildman–Crippen LogP) is 3.19. The molecular weight excluding hydrogens is 376 g/mol. The highest BCUT2D eigenvalue weighted by atomic mass is 16.6. The van der Waals surface area contributed by atoms with Gasteiger partial charge in [0.05, 0.1) is 29.3 Å². The van der Waals surface area contributed by atoms with Crippen molar-refractivity contribution in [1.82, 2.24) is 0 Å². The van der Waals surface area contributed by atoms with Gasteiger partial charge in [-0.3, -0.25) is 14.4 Å². The summed E-state index contributed by atoms with van der Waals surface area (Å²) in [5.74, 6) is -1.27. The largest absolute Gasteiger partial charge is 0.472 e. The molecule has 4 fully saturated rings. The lowest BCUT2D eigenvalue weighted by Crippen LogP contribution is -2.62. The maximum absolute atomic E-state index is 13.4. The fourth-order valence-electron chi connectivity index (χ4n) is 6.83. The summed E-state index contributed by atoms with van der Waals surface area (Å²) in [4.78, 5) is 37.9. The number of hydrogen-bond acceptors (Lipinski definition) is 7. The molecule has 4 aliphatic rings. The van der Waals surface area contributed by atoms with E-state index in [-0.39, 0.29) is 54.5 Å². The topological polar surface area (TPSA) is 92.0 Å². The average Bonchev–Trinajstić information content (AvgIpc) is 3.38. The number of carbonyl (C=O) groups is 3. The molecule has 3 heterocycles. The summed E-state index contributed by atoms with van der Waals surface area (Å²) >= 11 is 0. The van der Waals surface area contributed by atoms with E-state index in [2.05, 4.69) is 6.92 Å². The summed E-state index contributed by atoms with van der Waals surface area (Å²) in [6.07, 6.45) is 5.98. The minimum atomic E-state index is -0.717. The summed E-state index contributed by atoms with van der Waals surface area (Å²) in [7, 11) is 0. The van der Waals surface area contributed by atoms with E-state index in [9.17, 15) is 14.4 Å². The number of cyclic esters (lactones) is 1. The van der Waals surface area contributed by atoms with Gasteiger partial charge < -0.3 is 18.6 Å². The van der Waals surface area contributed by atoms with Crippen LogP contribution in [0.2, 0.25) is 0 Å². The van der Waals surface area contributed by atoms with E-state index < -0.39 is 10.8 Å². The highest BCUT2D eigenvalue weighted by Crippen LogP contribution is 2.69. The number of ether oxygens (including phenoxy) is 3. The Labute approximate surface area is 169 Å². The third kappa shape index (κ3) is 2.39. The standard InChI is InChI=1S/C22H26O7/c1-12-8-18-22(11-27-13(2)23)15(19(24)29-18)4-3-5-17(22)21(12)9-16(28-20(21)25)14-6-7-26-10-14/h6-7,10,12,15-18H,3-5,8-9,11H2,1-2H3/t12-,15-,16?,17-,18?,21-,22+/m1/s1. The molecule has 29 heavy (non-hydrogen) atoms. The Kier molecular flexibility index (Phi) is 4.09. The van der Waals surface area contributed by atoms with Gasteiger partial charge in [-0.2, -0.15) is 0 Å². The molecule has 1 aromatic heterocycles. The van der Waals surface area contributed by atoms with Crippen LogP contribution in [0.25, 0.3) is 0 Å². The van der Waals surface area contributed by atoms with E-state index in [0.717, 1.165) is 18.4 Å². The first-order valence-electron chi connectivity index (χ1n) is 10.5. The first-order valence-corrected chi connectivity index (χ1v) is 10.5. The Morgan fingerprint density at radius 2 is 2.10 bits per heavy atom. The lowest BCUT2D eigenvalue weighted by atomic mass is 9.43. The number of carbonyl (C=O) groups excluding carboxylic acids is 3. The first-order chi connectivity index (χ1) is 13.9. The third-order valence-corrected chi connectivity index (χ3v) is 8.09. The van der Waals surface area contributed by atoms with Crippen LogP contribution in [0.5, 0.6) is 0 Å². The van der Waals surface area contributed by atoms with Crippen LogP contribution in [0.1, 0.15) is 57.6 Å². The second kappa shape index (κ2) is 6.34. The molecule has 7 atom stereocenters. The van der Waals surface area contributed by atoms with Gasteiger partial charge in [-0.25, -0.2) is 0 Å². The second-order valence-corrected chi connectivity index (χ2v) is 9.19. The maximum atomic E-state index is 13.4. The van der Waals surface area contributed by atoms with Crippen LogP contribution in [0.4, 0.5) is 0 Å². The highest BCUT2D eigenvalue weighted by Gasteiger charge is 2.74. The number of furan rings is 1. The molecule has 0 aromatic carbocycles. The summed E-state index contributed by atoms with van der Waals surface area (Å²) in [5, 5.41) is 0. The van der Waals surface area contributed by atoms with Crippen molar-refractivity contribution in [2.45, 2.75) is 58.2 Å². The predicted molar refractivity (Wildman–Crippen MR) is 98.1 cm³/mol. The van der Waals surface area contributed by atoms with E-state index in [0.29, 0.717) is 19.3 Å². The Balaban J connectivity index is 1.59. The molecule has 2 unspecified atom stereocenters. The van der Waals surface area contributed by atoms with Gasteiger partial charge in [0, 0.05) is 18.9 Å². The zero-order chi connectivity index (χ0) is 20.4. The molecule has 7 heteroatoms. The fourth-order valence-corrected chi connectivity index (χ4v) is 6.83. The van der Waals surface area contributed by atoms with Crippen LogP contribution in [-0.2, 0) is 28.6 Å². The molecular formula is C22H26O7. The Bertz CT molecular complexity index is 845. The highest BCUT2D eigenvalue weighted by molar-refractivity contribution is 5.83. The molecule has 2 saturated carbocycles. The zero-order valence-electron chi connectivity index (χ0n) is 16.7. The molecule has 0 N–H and O–H groups in total. The van der Waals surface area contributed by atoms with Gasteiger partial charge in [-0.05, 0) is 37.2 Å². The van der Waals surface area contributed by atoms with Crippen LogP contribution in [0, 0.1) is 28.6 Å². The zero-order valence-corrected chi connectivity index (χ0v) is 16.7. The molecule has 2 saturated heterocycles. The Morgan fingerprint density at radius 3 is 2.83 bits per heavy atom. The second-order valence-electron chi connectivity index (χ2n) is 9.19. The van der Waals surface area contributed by atoms with E-state index in [1.807, 2.05) is 6.07 Å². The summed E-state index contributed by atoms with van der Waals surface area (Å²) in [6.45, 7) is 3.55. The minimum Gasteiger partial charge on any atom is -0.472 e. The van der Waals surface area contributed by atoms with Gasteiger partial charge in [-0.15, -0.1) is 0 Å². The normalized spacial score (nSPS) is 43.0. The number of rotatable bonds is 3. The lowest BCUT2D eigenvalue weighted by molar-refractivity contribution is -0.190. The van der Waals surface area contributed by atoms with Gasteiger partial charge in [0.25, 0.3) is 0 Å². The van der Waals surface area contributed by atoms with E-state index in [1.165, 1.54) is 6.92 Å². The van der Waals surface area contributed by atoms with Crippen LogP contribution in [-0.4, -0.2) is 30.6 Å². The van der Waals surface area contributed by atoms with Gasteiger partial charge in [0.15, 0.2) is 0 Å². The molecule has 7 nitrogen and oxygen atoms in total. The smallest absolute Gasteiger partial charge is 0.313 e. The molecule has 0 bridgehead atoms. The van der Waals surface area contributed by atoms with Crippen LogP contribution >= 0.6 is 0 Å². The SMILES string of the molecule is CC(=O)OC[C@@]12C3C[C@@H](C)[C@]4(CC(c5ccoc5)OC4=O)[C@H]1CCC[C@@H]2C(=O)O3. The van der Waals surface area contributed by atoms with Gasteiger partial charge in [-0.1, -0.05) is 13.3 Å². The van der Waals surface area contributed by atoms with Crippen molar-refractivity contribution in [3.05, 3.63) is 24.2 Å². The van der Waals surface area contributed by atoms with Gasteiger partial charge >= 0.3 is 17.9 Å². The van der Waals surface area contributed by atoms with Crippen molar-refractivity contribution in [2.24, 2.45) is 28.6 Å². The molecule has 1 spiro atoms. The summed E-state index contributed by atoms with van der Waals surface area (Å²) in [5.41, 5.74) is -0.520. The van der Waals surface area contributed by atoms with Crippen molar-refractivity contribution in [2.75, 3.05) is 6.61 Å². The summed E-state index contributed by atoms with van der Waals surface area (Å²) < 4.78 is 22.4. The van der Waals surface area contributed by atoms with Crippen LogP contribution in [0.15, 0.2) is 23.0 Å². The maximum Gasteiger partial charge on any atom is 0.313 e. The minimum absolute atomic E-state index is 0.00277. The van der Waals surface area contributed by atoms with Crippen molar-refractivity contribution in [3.63, 3.8) is 0 Å². The Hall–Kier alpha value is -2.31. The van der Waals surface area contributed by atoms with Crippen molar-refractivity contribution in [3.8, 4) is 0 Å². The number of esters is 3. The number of fused-ring (bicyclic) bond motifs is 1. The van der Waals surface area contributed by atoms with Crippen molar-refractivity contribution in [1.29, 1.82) is 0 Å². The van der Waals surface area contributed by atoms with Crippen LogP contribution in [0.3, 0.4) is 0 Å². The summed E-state index contributed by atoms with van der Waals surface area (Å²) in [6, 6.07) is 1.83. The molecule has 5 rings (SSSR count). The molecule has 1 aromatic rings. The van der Waals surface area contributed by atoms with Gasteiger partial charge in [0.2, 0.25) is 0 Å². The molecule has 156 valence electrons. The third-order valence-electron chi connectivity index (χ3n) is 8.09. The first kappa shape index (κ1) is 18.7. The van der Waals surface area contributed by atoms with Crippen LogP contribution < -0.4 is 0 Å².